The third-order valence-corrected chi connectivity index (χ3v) is 3.10. The van der Waals surface area contributed by atoms with E-state index in [4.69, 9.17) is 10.5 Å². The van der Waals surface area contributed by atoms with Crippen LogP contribution in [0, 0.1) is 0 Å². The Morgan fingerprint density at radius 2 is 1.94 bits per heavy atom. The minimum atomic E-state index is 0.545. The smallest absolute Gasteiger partial charge is 0.153 e. The number of hydrogen-bond donors (Lipinski definition) is 1. The van der Waals surface area contributed by atoms with Crippen LogP contribution in [0.15, 0.2) is 42.7 Å². The van der Waals surface area contributed by atoms with E-state index >= 15 is 0 Å². The highest BCUT2D eigenvalue weighted by Crippen LogP contribution is 2.27. The normalized spacial score (nSPS) is 12.1. The zero-order valence-electron chi connectivity index (χ0n) is 10.8. The van der Waals surface area contributed by atoms with Gasteiger partial charge in [0.1, 0.15) is 5.75 Å². The van der Waals surface area contributed by atoms with E-state index in [1.165, 1.54) is 5.56 Å². The number of pyridine rings is 1. The fourth-order valence-corrected chi connectivity index (χ4v) is 1.71. The Labute approximate surface area is 108 Å². The van der Waals surface area contributed by atoms with Crippen LogP contribution in [0.5, 0.6) is 11.5 Å². The van der Waals surface area contributed by atoms with Crippen LogP contribution in [-0.4, -0.2) is 4.98 Å². The van der Waals surface area contributed by atoms with Crippen molar-refractivity contribution in [1.82, 2.24) is 4.98 Å². The SMILES string of the molecule is CCC(C)c1ccc(Oc2ccncc2N)cc1. The van der Waals surface area contributed by atoms with Crippen LogP contribution in [0.2, 0.25) is 0 Å². The first-order valence-electron chi connectivity index (χ1n) is 6.18. The largest absolute Gasteiger partial charge is 0.455 e. The molecule has 0 aliphatic heterocycles. The zero-order valence-corrected chi connectivity index (χ0v) is 10.8. The van der Waals surface area contributed by atoms with E-state index in [1.807, 2.05) is 12.1 Å². The van der Waals surface area contributed by atoms with Crippen molar-refractivity contribution in [1.29, 1.82) is 0 Å². The van der Waals surface area contributed by atoms with Gasteiger partial charge in [0.25, 0.3) is 0 Å². The van der Waals surface area contributed by atoms with Gasteiger partial charge in [-0.3, -0.25) is 4.98 Å². The van der Waals surface area contributed by atoms with Crippen molar-refractivity contribution in [2.45, 2.75) is 26.2 Å². The summed E-state index contributed by atoms with van der Waals surface area (Å²) >= 11 is 0. The van der Waals surface area contributed by atoms with E-state index in [0.29, 0.717) is 17.4 Å². The predicted molar refractivity (Wildman–Crippen MR) is 73.9 cm³/mol. The fraction of sp³-hybridized carbons (Fsp3) is 0.267. The molecule has 1 unspecified atom stereocenters. The molecule has 0 spiro atoms. The van der Waals surface area contributed by atoms with Crippen molar-refractivity contribution in [3.63, 3.8) is 0 Å². The molecule has 1 aromatic carbocycles. The summed E-state index contributed by atoms with van der Waals surface area (Å²) in [5.41, 5.74) is 7.65. The predicted octanol–water partition coefficient (Wildman–Crippen LogP) is 3.97. The number of rotatable bonds is 4. The van der Waals surface area contributed by atoms with Crippen LogP contribution in [0.3, 0.4) is 0 Å². The summed E-state index contributed by atoms with van der Waals surface area (Å²) in [5, 5.41) is 0. The van der Waals surface area contributed by atoms with Crippen molar-refractivity contribution in [2.24, 2.45) is 0 Å². The molecule has 0 aliphatic carbocycles. The second-order valence-electron chi connectivity index (χ2n) is 4.39. The Morgan fingerprint density at radius 1 is 1.22 bits per heavy atom. The number of nitrogen functional groups attached to an aromatic ring is 1. The molecule has 0 aliphatic rings. The highest BCUT2D eigenvalue weighted by Gasteiger charge is 2.04. The van der Waals surface area contributed by atoms with Crippen LogP contribution in [0.4, 0.5) is 5.69 Å². The summed E-state index contributed by atoms with van der Waals surface area (Å²) < 4.78 is 5.71. The maximum absolute atomic E-state index is 5.78. The molecular formula is C15H18N2O. The average Bonchev–Trinajstić information content (AvgIpc) is 2.41. The fourth-order valence-electron chi connectivity index (χ4n) is 1.71. The van der Waals surface area contributed by atoms with Crippen LogP contribution in [0.25, 0.3) is 0 Å². The minimum Gasteiger partial charge on any atom is -0.455 e. The highest BCUT2D eigenvalue weighted by atomic mass is 16.5. The lowest BCUT2D eigenvalue weighted by atomic mass is 9.99. The van der Waals surface area contributed by atoms with Gasteiger partial charge in [-0.2, -0.15) is 0 Å². The van der Waals surface area contributed by atoms with Gasteiger partial charge in [-0.05, 0) is 30.0 Å². The quantitative estimate of drug-likeness (QED) is 0.882. The minimum absolute atomic E-state index is 0.545. The van der Waals surface area contributed by atoms with Gasteiger partial charge < -0.3 is 10.5 Å². The van der Waals surface area contributed by atoms with Gasteiger partial charge in [0.15, 0.2) is 5.75 Å². The molecule has 3 heteroatoms. The molecule has 0 bridgehead atoms. The zero-order chi connectivity index (χ0) is 13.0. The molecule has 0 saturated carbocycles. The summed E-state index contributed by atoms with van der Waals surface area (Å²) in [4.78, 5) is 3.93. The number of aromatic nitrogens is 1. The number of benzene rings is 1. The van der Waals surface area contributed by atoms with Gasteiger partial charge in [0.05, 0.1) is 11.9 Å². The number of nitrogens with two attached hydrogens (primary N) is 1. The molecule has 1 heterocycles. The lowest BCUT2D eigenvalue weighted by Gasteiger charge is -2.11. The standard InChI is InChI=1S/C15H18N2O/c1-3-11(2)12-4-6-13(7-5-12)18-15-8-9-17-10-14(15)16/h4-11H,3,16H2,1-2H3. The van der Waals surface area contributed by atoms with Crippen LogP contribution in [0.1, 0.15) is 31.7 Å². The maximum Gasteiger partial charge on any atom is 0.153 e. The molecule has 0 amide bonds. The number of hydrogen-bond acceptors (Lipinski definition) is 3. The van der Waals surface area contributed by atoms with E-state index in [2.05, 4.69) is 31.0 Å². The molecule has 2 N–H and O–H groups in total. The number of ether oxygens (including phenoxy) is 1. The van der Waals surface area contributed by atoms with Crippen LogP contribution in [-0.2, 0) is 0 Å². The van der Waals surface area contributed by atoms with E-state index in [0.717, 1.165) is 12.2 Å². The third kappa shape index (κ3) is 2.80. The third-order valence-electron chi connectivity index (χ3n) is 3.10. The summed E-state index contributed by atoms with van der Waals surface area (Å²) in [6, 6.07) is 9.91. The van der Waals surface area contributed by atoms with Gasteiger partial charge in [-0.25, -0.2) is 0 Å². The molecule has 3 nitrogen and oxygen atoms in total. The second kappa shape index (κ2) is 5.54. The topological polar surface area (TPSA) is 48.1 Å². The molecule has 2 rings (SSSR count). The Bertz CT molecular complexity index is 508. The first kappa shape index (κ1) is 12.4. The summed E-state index contributed by atoms with van der Waals surface area (Å²) in [6.45, 7) is 4.41. The van der Waals surface area contributed by atoms with Crippen molar-refractivity contribution in [3.8, 4) is 11.5 Å². The van der Waals surface area contributed by atoms with Crippen molar-refractivity contribution in [3.05, 3.63) is 48.3 Å². The van der Waals surface area contributed by atoms with Gasteiger partial charge in [-0.15, -0.1) is 0 Å². The lowest BCUT2D eigenvalue weighted by molar-refractivity contribution is 0.484. The van der Waals surface area contributed by atoms with Crippen molar-refractivity contribution >= 4 is 5.69 Å². The summed E-state index contributed by atoms with van der Waals surface area (Å²) in [6.07, 6.45) is 4.39. The molecule has 0 radical (unpaired) electrons. The molecule has 0 saturated heterocycles. The Balaban J connectivity index is 2.14. The summed E-state index contributed by atoms with van der Waals surface area (Å²) in [7, 11) is 0. The van der Waals surface area contributed by atoms with Crippen LogP contribution >= 0.6 is 0 Å². The Kier molecular flexibility index (Phi) is 3.82. The highest BCUT2D eigenvalue weighted by molar-refractivity contribution is 5.51. The summed E-state index contributed by atoms with van der Waals surface area (Å²) in [5.74, 6) is 2.01. The van der Waals surface area contributed by atoms with E-state index in [9.17, 15) is 0 Å². The van der Waals surface area contributed by atoms with Gasteiger partial charge in [-0.1, -0.05) is 26.0 Å². The Hall–Kier alpha value is -2.03. The van der Waals surface area contributed by atoms with Gasteiger partial charge in [0, 0.05) is 12.3 Å². The number of anilines is 1. The Morgan fingerprint density at radius 3 is 2.56 bits per heavy atom. The van der Waals surface area contributed by atoms with E-state index in [1.54, 1.807) is 18.5 Å². The molecule has 0 fully saturated rings. The molecule has 18 heavy (non-hydrogen) atoms. The molecule has 2 aromatic rings. The molecule has 1 aromatic heterocycles. The second-order valence-corrected chi connectivity index (χ2v) is 4.39. The molecular weight excluding hydrogens is 224 g/mol. The van der Waals surface area contributed by atoms with Gasteiger partial charge in [0.2, 0.25) is 0 Å². The maximum atomic E-state index is 5.78. The molecule has 94 valence electrons. The molecule has 1 atom stereocenters. The first-order valence-corrected chi connectivity index (χ1v) is 6.18. The van der Waals surface area contributed by atoms with Gasteiger partial charge >= 0.3 is 0 Å². The lowest BCUT2D eigenvalue weighted by Crippen LogP contribution is -1.94. The number of nitrogens with zero attached hydrogens (tertiary/aromatic N) is 1. The van der Waals surface area contributed by atoms with Crippen molar-refractivity contribution < 1.29 is 4.74 Å². The first-order chi connectivity index (χ1) is 8.70. The monoisotopic (exact) mass is 242 g/mol. The van der Waals surface area contributed by atoms with E-state index in [-0.39, 0.29) is 0 Å². The average molecular weight is 242 g/mol. The van der Waals surface area contributed by atoms with Crippen molar-refractivity contribution in [2.75, 3.05) is 5.73 Å². The van der Waals surface area contributed by atoms with Crippen LogP contribution < -0.4 is 10.5 Å². The van der Waals surface area contributed by atoms with E-state index < -0.39 is 0 Å².